The minimum Gasteiger partial charge on any atom is -0.455 e. The van der Waals surface area contributed by atoms with E-state index in [0.717, 1.165) is 44.7 Å². The van der Waals surface area contributed by atoms with Crippen molar-refractivity contribution >= 4 is 39.0 Å². The highest BCUT2D eigenvalue weighted by Crippen LogP contribution is 2.52. The molecule has 0 saturated heterocycles. The molecule has 7 aromatic rings. The first kappa shape index (κ1) is 23.8. The molecule has 0 aliphatic heterocycles. The molecule has 6 aromatic carbocycles. The molecule has 41 heavy (non-hydrogen) atoms. The molecule has 0 saturated carbocycles. The van der Waals surface area contributed by atoms with Gasteiger partial charge in [0.25, 0.3) is 0 Å². The summed E-state index contributed by atoms with van der Waals surface area (Å²) in [4.78, 5) is 2.29. The van der Waals surface area contributed by atoms with E-state index >= 15 is 0 Å². The summed E-state index contributed by atoms with van der Waals surface area (Å²) >= 11 is 0. The third-order valence-corrected chi connectivity index (χ3v) is 8.68. The van der Waals surface area contributed by atoms with Crippen molar-refractivity contribution in [2.45, 2.75) is 19.3 Å². The van der Waals surface area contributed by atoms with Crippen LogP contribution >= 0.6 is 0 Å². The topological polar surface area (TPSA) is 16.4 Å². The lowest BCUT2D eigenvalue weighted by molar-refractivity contribution is 0.653. The van der Waals surface area contributed by atoms with Crippen LogP contribution in [0.3, 0.4) is 0 Å². The molecule has 2 nitrogen and oxygen atoms in total. The van der Waals surface area contributed by atoms with Gasteiger partial charge >= 0.3 is 0 Å². The van der Waals surface area contributed by atoms with Gasteiger partial charge in [0.1, 0.15) is 11.2 Å². The lowest BCUT2D eigenvalue weighted by atomic mass is 9.82. The van der Waals surface area contributed by atoms with Crippen LogP contribution in [0.15, 0.2) is 144 Å². The zero-order chi connectivity index (χ0) is 27.6. The molecule has 1 aliphatic carbocycles. The highest BCUT2D eigenvalue weighted by atomic mass is 16.3. The number of para-hydroxylation sites is 3. The van der Waals surface area contributed by atoms with E-state index in [-0.39, 0.29) is 5.41 Å². The molecule has 0 unspecified atom stereocenters. The second kappa shape index (κ2) is 8.97. The van der Waals surface area contributed by atoms with E-state index < -0.39 is 0 Å². The van der Waals surface area contributed by atoms with Crippen molar-refractivity contribution in [2.24, 2.45) is 0 Å². The van der Waals surface area contributed by atoms with Gasteiger partial charge in [0.05, 0.1) is 0 Å². The summed E-state index contributed by atoms with van der Waals surface area (Å²) in [5, 5.41) is 2.32. The highest BCUT2D eigenvalue weighted by molar-refractivity contribution is 6.14. The number of fused-ring (bicyclic) bond motifs is 7. The first-order chi connectivity index (χ1) is 20.1. The van der Waals surface area contributed by atoms with Crippen LogP contribution in [0.1, 0.15) is 25.0 Å². The number of hydrogen-bond acceptors (Lipinski definition) is 2. The SMILES string of the molecule is CC1(C)c2ccccc2-c2c1ccc1c2oc2c(-c3ccc(N(c4ccccc4)c4ccccc4)cc3)cccc21. The molecule has 0 radical (unpaired) electrons. The van der Waals surface area contributed by atoms with E-state index in [1.54, 1.807) is 0 Å². The van der Waals surface area contributed by atoms with E-state index in [0.29, 0.717) is 0 Å². The summed E-state index contributed by atoms with van der Waals surface area (Å²) < 4.78 is 6.84. The minimum atomic E-state index is -0.0544. The molecule has 1 aliphatic rings. The summed E-state index contributed by atoms with van der Waals surface area (Å²) in [6.45, 7) is 4.63. The minimum absolute atomic E-state index is 0.0544. The Kier molecular flexibility index (Phi) is 5.20. The molecular formula is C39H29NO. The lowest BCUT2D eigenvalue weighted by Crippen LogP contribution is -2.14. The van der Waals surface area contributed by atoms with Gasteiger partial charge in [-0.1, -0.05) is 117 Å². The molecule has 8 rings (SSSR count). The highest BCUT2D eigenvalue weighted by Gasteiger charge is 2.37. The van der Waals surface area contributed by atoms with Crippen molar-refractivity contribution in [1.29, 1.82) is 0 Å². The number of nitrogens with zero attached hydrogens (tertiary/aromatic N) is 1. The fourth-order valence-corrected chi connectivity index (χ4v) is 6.66. The molecule has 196 valence electrons. The van der Waals surface area contributed by atoms with Gasteiger partial charge in [0, 0.05) is 44.4 Å². The third kappa shape index (κ3) is 3.57. The van der Waals surface area contributed by atoms with Crippen molar-refractivity contribution in [2.75, 3.05) is 4.90 Å². The van der Waals surface area contributed by atoms with E-state index in [1.165, 1.54) is 27.6 Å². The number of hydrogen-bond donors (Lipinski definition) is 0. The third-order valence-electron chi connectivity index (χ3n) is 8.68. The van der Waals surface area contributed by atoms with Gasteiger partial charge in [0.15, 0.2) is 0 Å². The fourth-order valence-electron chi connectivity index (χ4n) is 6.66. The van der Waals surface area contributed by atoms with Gasteiger partial charge < -0.3 is 9.32 Å². The average molecular weight is 528 g/mol. The van der Waals surface area contributed by atoms with Crippen molar-refractivity contribution in [3.63, 3.8) is 0 Å². The van der Waals surface area contributed by atoms with E-state index in [4.69, 9.17) is 4.42 Å². The monoisotopic (exact) mass is 527 g/mol. The largest absolute Gasteiger partial charge is 0.455 e. The van der Waals surface area contributed by atoms with Crippen LogP contribution < -0.4 is 4.90 Å². The number of rotatable bonds is 4. The Balaban J connectivity index is 1.27. The smallest absolute Gasteiger partial charge is 0.143 e. The summed E-state index contributed by atoms with van der Waals surface area (Å²) in [7, 11) is 0. The predicted octanol–water partition coefficient (Wildman–Crippen LogP) is 11.0. The number of furan rings is 1. The second-order valence-corrected chi connectivity index (χ2v) is 11.4. The molecule has 0 atom stereocenters. The lowest BCUT2D eigenvalue weighted by Gasteiger charge is -2.25. The first-order valence-electron chi connectivity index (χ1n) is 14.2. The van der Waals surface area contributed by atoms with Gasteiger partial charge in [-0.15, -0.1) is 0 Å². The quantitative estimate of drug-likeness (QED) is 0.226. The normalized spacial score (nSPS) is 13.3. The van der Waals surface area contributed by atoms with Crippen LogP contribution in [0.2, 0.25) is 0 Å². The Morgan fingerprint density at radius 3 is 1.76 bits per heavy atom. The van der Waals surface area contributed by atoms with Crippen LogP contribution in [0, 0.1) is 0 Å². The van der Waals surface area contributed by atoms with Gasteiger partial charge in [-0.3, -0.25) is 0 Å². The van der Waals surface area contributed by atoms with Crippen LogP contribution in [-0.4, -0.2) is 0 Å². The molecule has 0 fully saturated rings. The van der Waals surface area contributed by atoms with Crippen LogP contribution in [0.5, 0.6) is 0 Å². The molecule has 0 N–H and O–H groups in total. The van der Waals surface area contributed by atoms with E-state index in [2.05, 4.69) is 158 Å². The predicted molar refractivity (Wildman–Crippen MR) is 171 cm³/mol. The first-order valence-corrected chi connectivity index (χ1v) is 14.2. The van der Waals surface area contributed by atoms with Gasteiger partial charge in [0.2, 0.25) is 0 Å². The zero-order valence-electron chi connectivity index (χ0n) is 23.1. The average Bonchev–Trinajstić information content (AvgIpc) is 3.51. The molecule has 0 amide bonds. The molecule has 2 heteroatoms. The number of anilines is 3. The van der Waals surface area contributed by atoms with E-state index in [1.807, 2.05) is 0 Å². The second-order valence-electron chi connectivity index (χ2n) is 11.4. The zero-order valence-corrected chi connectivity index (χ0v) is 23.1. The molecule has 1 heterocycles. The standard InChI is InChI=1S/C39H29NO/c1-39(2)34-19-10-9-16-33(34)36-35(39)25-24-32-31-18-11-17-30(37(31)41-38(32)36)26-20-22-29(23-21-26)40(27-12-5-3-6-13-27)28-14-7-4-8-15-28/h3-25H,1-2H3. The van der Waals surface area contributed by atoms with Crippen LogP contribution in [-0.2, 0) is 5.41 Å². The van der Waals surface area contributed by atoms with Crippen molar-refractivity contribution in [3.8, 4) is 22.3 Å². The maximum Gasteiger partial charge on any atom is 0.143 e. The summed E-state index contributed by atoms with van der Waals surface area (Å²) in [5.41, 5.74) is 12.7. The Labute approximate surface area is 240 Å². The fraction of sp³-hybridized carbons (Fsp3) is 0.0769. The Hall–Kier alpha value is -5.08. The molecular weight excluding hydrogens is 498 g/mol. The number of benzene rings is 6. The van der Waals surface area contributed by atoms with Gasteiger partial charge in [-0.05, 0) is 58.7 Å². The summed E-state index contributed by atoms with van der Waals surface area (Å²) in [6.07, 6.45) is 0. The Morgan fingerprint density at radius 2 is 1.05 bits per heavy atom. The van der Waals surface area contributed by atoms with Crippen LogP contribution in [0.25, 0.3) is 44.2 Å². The molecule has 1 aromatic heterocycles. The van der Waals surface area contributed by atoms with Crippen molar-refractivity contribution < 1.29 is 4.42 Å². The maximum absolute atomic E-state index is 6.84. The Morgan fingerprint density at radius 1 is 0.463 bits per heavy atom. The van der Waals surface area contributed by atoms with Gasteiger partial charge in [-0.2, -0.15) is 0 Å². The maximum atomic E-state index is 6.84. The van der Waals surface area contributed by atoms with Crippen LogP contribution in [0.4, 0.5) is 17.1 Å². The summed E-state index contributed by atoms with van der Waals surface area (Å²) in [5.74, 6) is 0. The molecule has 0 bridgehead atoms. The van der Waals surface area contributed by atoms with Gasteiger partial charge in [-0.25, -0.2) is 0 Å². The summed E-state index contributed by atoms with van der Waals surface area (Å²) in [6, 6.07) is 49.7. The Bertz CT molecular complexity index is 2010. The van der Waals surface area contributed by atoms with E-state index in [9.17, 15) is 0 Å². The molecule has 0 spiro atoms. The van der Waals surface area contributed by atoms with Crippen molar-refractivity contribution in [1.82, 2.24) is 0 Å². The van der Waals surface area contributed by atoms with Crippen molar-refractivity contribution in [3.05, 3.63) is 151 Å².